The van der Waals surface area contributed by atoms with Crippen molar-refractivity contribution in [1.82, 2.24) is 14.5 Å². The van der Waals surface area contributed by atoms with Gasteiger partial charge in [0.15, 0.2) is 5.78 Å². The Labute approximate surface area is 218 Å². The molecule has 0 saturated carbocycles. The summed E-state index contributed by atoms with van der Waals surface area (Å²) in [5.74, 6) is 0.524. The summed E-state index contributed by atoms with van der Waals surface area (Å²) in [4.78, 5) is 31.0. The second kappa shape index (κ2) is 10.5. The van der Waals surface area contributed by atoms with E-state index in [1.165, 1.54) is 0 Å². The number of rotatable bonds is 8. The highest BCUT2D eigenvalue weighted by molar-refractivity contribution is 6.31. The number of halogens is 1. The van der Waals surface area contributed by atoms with Crippen LogP contribution >= 0.6 is 11.6 Å². The number of Topliss-reactive ketones (excluding diaryl/α,β-unsaturated/α-hetero) is 1. The summed E-state index contributed by atoms with van der Waals surface area (Å²) < 4.78 is 2.34. The van der Waals surface area contributed by atoms with Gasteiger partial charge in [0, 0.05) is 52.4 Å². The molecule has 7 heteroatoms. The molecule has 0 radical (unpaired) electrons. The first-order valence-electron chi connectivity index (χ1n) is 12.9. The maximum absolute atomic E-state index is 13.5. The second-order valence-electron chi connectivity index (χ2n) is 11.0. The molecule has 194 valence electrons. The van der Waals surface area contributed by atoms with Crippen LogP contribution in [0.2, 0.25) is 5.02 Å². The molecule has 6 nitrogen and oxygen atoms in total. The van der Waals surface area contributed by atoms with Crippen LogP contribution in [0.4, 0.5) is 0 Å². The largest absolute Gasteiger partial charge is 0.389 e. The van der Waals surface area contributed by atoms with Crippen molar-refractivity contribution in [3.05, 3.63) is 68.2 Å². The smallest absolute Gasteiger partial charge is 0.252 e. The number of carbonyl (C=O) groups excluding carboxylic acids is 1. The van der Waals surface area contributed by atoms with E-state index in [0.29, 0.717) is 35.2 Å². The van der Waals surface area contributed by atoms with E-state index in [1.54, 1.807) is 13.0 Å². The Bertz CT molecular complexity index is 1310. The molecule has 0 amide bonds. The number of aliphatic hydroxyl groups is 1. The summed E-state index contributed by atoms with van der Waals surface area (Å²) in [5.41, 5.74) is 3.07. The van der Waals surface area contributed by atoms with Crippen molar-refractivity contribution < 1.29 is 9.90 Å². The number of carbonyl (C=O) groups is 1. The highest BCUT2D eigenvalue weighted by atomic mass is 35.5. The Morgan fingerprint density at radius 3 is 2.53 bits per heavy atom. The minimum absolute atomic E-state index is 0.0330. The molecule has 0 aliphatic carbocycles. The van der Waals surface area contributed by atoms with Crippen LogP contribution in [-0.4, -0.2) is 50.6 Å². The number of pyridine rings is 1. The van der Waals surface area contributed by atoms with Gasteiger partial charge in [-0.15, -0.1) is 0 Å². The molecule has 3 heterocycles. The molecule has 36 heavy (non-hydrogen) atoms. The lowest BCUT2D eigenvalue weighted by Crippen LogP contribution is -2.43. The van der Waals surface area contributed by atoms with Gasteiger partial charge in [0.1, 0.15) is 0 Å². The van der Waals surface area contributed by atoms with Crippen molar-refractivity contribution in [3.8, 4) is 0 Å². The van der Waals surface area contributed by atoms with Gasteiger partial charge < -0.3 is 19.6 Å². The molecule has 0 spiro atoms. The molecule has 0 bridgehead atoms. The van der Waals surface area contributed by atoms with Gasteiger partial charge in [-0.3, -0.25) is 9.59 Å². The number of benzene rings is 1. The molecule has 0 unspecified atom stereocenters. The van der Waals surface area contributed by atoms with Crippen molar-refractivity contribution in [2.75, 3.05) is 19.6 Å². The topological polar surface area (TPSA) is 78.3 Å². The number of likely N-dealkylation sites (tertiary alicyclic amines) is 1. The Morgan fingerprint density at radius 2 is 1.89 bits per heavy atom. The summed E-state index contributed by atoms with van der Waals surface area (Å²) in [6.07, 6.45) is 2.65. The number of aryl methyl sites for hydroxylation is 1. The van der Waals surface area contributed by atoms with Gasteiger partial charge in [-0.2, -0.15) is 0 Å². The zero-order chi connectivity index (χ0) is 26.2. The van der Waals surface area contributed by atoms with E-state index >= 15 is 0 Å². The minimum Gasteiger partial charge on any atom is -0.389 e. The average Bonchev–Trinajstić information content (AvgIpc) is 3.09. The van der Waals surface area contributed by atoms with Crippen molar-refractivity contribution in [2.45, 2.75) is 71.9 Å². The van der Waals surface area contributed by atoms with E-state index in [1.807, 2.05) is 39.0 Å². The summed E-state index contributed by atoms with van der Waals surface area (Å²) in [6, 6.07) is 10.1. The molecule has 1 fully saturated rings. The number of para-hydroxylation sites is 1. The average molecular weight is 512 g/mol. The summed E-state index contributed by atoms with van der Waals surface area (Å²) >= 11 is 6.32. The predicted molar refractivity (Wildman–Crippen MR) is 146 cm³/mol. The number of H-pyrrole nitrogens is 1. The standard InChI is InChI=1S/C29H38ClN3O3/c1-18-16-24(30)22(28(35)31-18)10-11-26(34)27-20(3)33(25-9-7-6-8-23(25)27)19(2)21-12-14-32(15-13-21)17-29(4,5)36/h6-9,16,19,21,36H,10-15,17H2,1-5H3,(H,31,35)/t19-/m1/s1. The number of fused-ring (bicyclic) bond motifs is 1. The number of aromatic amines is 1. The monoisotopic (exact) mass is 511 g/mol. The number of nitrogens with one attached hydrogen (secondary N) is 1. The first kappa shape index (κ1) is 26.6. The Kier molecular flexibility index (Phi) is 7.79. The number of hydrogen-bond donors (Lipinski definition) is 2. The highest BCUT2D eigenvalue weighted by Gasteiger charge is 2.30. The lowest BCUT2D eigenvalue weighted by Gasteiger charge is -2.38. The lowest BCUT2D eigenvalue weighted by atomic mass is 9.89. The molecule has 1 saturated heterocycles. The predicted octanol–water partition coefficient (Wildman–Crippen LogP) is 5.46. The van der Waals surface area contributed by atoms with Gasteiger partial charge in [0.25, 0.3) is 5.56 Å². The van der Waals surface area contributed by atoms with E-state index in [2.05, 4.69) is 27.4 Å². The van der Waals surface area contributed by atoms with E-state index < -0.39 is 5.60 Å². The SMILES string of the molecule is Cc1cc(Cl)c(CCC(=O)c2c(C)n([C@H](C)C3CCN(CC(C)(C)O)CC3)c3ccccc23)c(=O)[nH]1. The van der Waals surface area contributed by atoms with Crippen molar-refractivity contribution >= 4 is 28.3 Å². The maximum Gasteiger partial charge on any atom is 0.252 e. The maximum atomic E-state index is 13.5. The third kappa shape index (κ3) is 5.61. The van der Waals surface area contributed by atoms with E-state index in [-0.39, 0.29) is 23.8 Å². The molecule has 4 rings (SSSR count). The quantitative estimate of drug-likeness (QED) is 0.394. The fourth-order valence-electron chi connectivity index (χ4n) is 5.89. The van der Waals surface area contributed by atoms with Gasteiger partial charge in [-0.1, -0.05) is 29.8 Å². The first-order chi connectivity index (χ1) is 17.0. The Hall–Kier alpha value is -2.41. The highest BCUT2D eigenvalue weighted by Crippen LogP contribution is 2.36. The number of nitrogens with zero attached hydrogens (tertiary/aromatic N) is 2. The van der Waals surface area contributed by atoms with Gasteiger partial charge in [-0.05, 0) is 85.0 Å². The minimum atomic E-state index is -0.686. The third-order valence-corrected chi connectivity index (χ3v) is 7.92. The van der Waals surface area contributed by atoms with Crippen LogP contribution < -0.4 is 5.56 Å². The normalized spacial score (nSPS) is 16.5. The van der Waals surface area contributed by atoms with Crippen LogP contribution in [0.15, 0.2) is 35.1 Å². The molecule has 1 aromatic carbocycles. The van der Waals surface area contributed by atoms with Crippen LogP contribution in [0.25, 0.3) is 10.9 Å². The van der Waals surface area contributed by atoms with E-state index in [0.717, 1.165) is 48.1 Å². The van der Waals surface area contributed by atoms with Crippen molar-refractivity contribution in [2.24, 2.45) is 5.92 Å². The van der Waals surface area contributed by atoms with E-state index in [9.17, 15) is 14.7 Å². The molecule has 3 aromatic rings. The Morgan fingerprint density at radius 1 is 1.22 bits per heavy atom. The van der Waals surface area contributed by atoms with Gasteiger partial charge in [0.05, 0.1) is 10.6 Å². The fraction of sp³-hybridized carbons (Fsp3) is 0.517. The van der Waals surface area contributed by atoms with Gasteiger partial charge in [-0.25, -0.2) is 0 Å². The zero-order valence-corrected chi connectivity index (χ0v) is 22.8. The second-order valence-corrected chi connectivity index (χ2v) is 11.5. The van der Waals surface area contributed by atoms with Crippen molar-refractivity contribution in [3.63, 3.8) is 0 Å². The molecule has 2 aromatic heterocycles. The van der Waals surface area contributed by atoms with Gasteiger partial charge >= 0.3 is 0 Å². The molecular formula is C29H38ClN3O3. The van der Waals surface area contributed by atoms with Crippen LogP contribution in [0.5, 0.6) is 0 Å². The number of hydrogen-bond acceptors (Lipinski definition) is 4. The van der Waals surface area contributed by atoms with Crippen LogP contribution in [-0.2, 0) is 6.42 Å². The molecule has 1 aliphatic rings. The lowest BCUT2D eigenvalue weighted by molar-refractivity contribution is 0.0214. The molecular weight excluding hydrogens is 474 g/mol. The third-order valence-electron chi connectivity index (χ3n) is 7.59. The Balaban J connectivity index is 1.57. The van der Waals surface area contributed by atoms with Crippen LogP contribution in [0.1, 0.15) is 73.4 Å². The first-order valence-corrected chi connectivity index (χ1v) is 13.3. The van der Waals surface area contributed by atoms with E-state index in [4.69, 9.17) is 11.6 Å². The fourth-order valence-corrected chi connectivity index (χ4v) is 6.24. The number of aromatic nitrogens is 2. The number of ketones is 1. The molecule has 1 atom stereocenters. The van der Waals surface area contributed by atoms with Crippen molar-refractivity contribution in [1.29, 1.82) is 0 Å². The zero-order valence-electron chi connectivity index (χ0n) is 22.0. The number of β-amino-alcohol motifs (C(OH)–C–C–N with tert-alkyl or cyclic N) is 1. The molecule has 1 aliphatic heterocycles. The summed E-state index contributed by atoms with van der Waals surface area (Å²) in [7, 11) is 0. The summed E-state index contributed by atoms with van der Waals surface area (Å²) in [5, 5.41) is 11.6. The van der Waals surface area contributed by atoms with Gasteiger partial charge in [0.2, 0.25) is 0 Å². The molecule has 2 N–H and O–H groups in total. The number of piperidine rings is 1. The summed E-state index contributed by atoms with van der Waals surface area (Å²) in [6.45, 7) is 12.4. The van der Waals surface area contributed by atoms with Crippen LogP contribution in [0.3, 0.4) is 0 Å². The van der Waals surface area contributed by atoms with Crippen LogP contribution in [0, 0.1) is 19.8 Å².